The molecule has 3 heteroatoms. The van der Waals surface area contributed by atoms with E-state index in [1.807, 2.05) is 0 Å². The largest absolute Gasteiger partial charge is 0.329 e. The van der Waals surface area contributed by atoms with E-state index in [4.69, 9.17) is 4.98 Å². The minimum Gasteiger partial charge on any atom is -0.329 e. The van der Waals surface area contributed by atoms with Crippen molar-refractivity contribution in [1.82, 2.24) is 14.9 Å². The summed E-state index contributed by atoms with van der Waals surface area (Å²) in [6, 6.07) is 0.710. The summed E-state index contributed by atoms with van der Waals surface area (Å²) in [5, 5.41) is 3.47. The molecule has 1 aromatic rings. The predicted octanol–water partition coefficient (Wildman–Crippen LogP) is 3.48. The molecule has 0 radical (unpaired) electrons. The van der Waals surface area contributed by atoms with Gasteiger partial charge in [0.15, 0.2) is 0 Å². The van der Waals surface area contributed by atoms with Gasteiger partial charge in [0.2, 0.25) is 0 Å². The average Bonchev–Trinajstić information content (AvgIpc) is 2.75. The summed E-state index contributed by atoms with van der Waals surface area (Å²) >= 11 is 0. The van der Waals surface area contributed by atoms with Crippen molar-refractivity contribution in [2.75, 3.05) is 6.54 Å². The molecule has 3 nitrogen and oxygen atoms in total. The van der Waals surface area contributed by atoms with E-state index in [9.17, 15) is 0 Å². The number of nitrogens with one attached hydrogen (secondary N) is 1. The Morgan fingerprint density at radius 3 is 2.95 bits per heavy atom. The van der Waals surface area contributed by atoms with Crippen molar-refractivity contribution in [3.05, 3.63) is 17.2 Å². The molecule has 2 atom stereocenters. The van der Waals surface area contributed by atoms with Crippen LogP contribution in [-0.2, 0) is 19.4 Å². The van der Waals surface area contributed by atoms with Gasteiger partial charge in [-0.15, -0.1) is 0 Å². The number of aromatic nitrogens is 2. The average molecular weight is 275 g/mol. The number of rotatable bonds is 3. The molecule has 1 aliphatic heterocycles. The molecule has 0 spiro atoms. The van der Waals surface area contributed by atoms with Crippen LogP contribution in [0, 0.1) is 11.8 Å². The first kappa shape index (κ1) is 14.1. The van der Waals surface area contributed by atoms with Crippen LogP contribution in [-0.4, -0.2) is 16.1 Å². The van der Waals surface area contributed by atoms with E-state index in [1.165, 1.54) is 37.2 Å². The molecule has 3 rings (SSSR count). The molecule has 1 aliphatic carbocycles. The van der Waals surface area contributed by atoms with E-state index in [2.05, 4.69) is 30.7 Å². The molecule has 20 heavy (non-hydrogen) atoms. The standard InChI is InChI=1S/C17H29N3/c1-12(2)9-17-19-15-11-18-8-7-16(15)20(17)14-6-4-5-13(3)10-14/h12-14,18H,4-11H2,1-3H3. The van der Waals surface area contributed by atoms with Crippen LogP contribution in [0.15, 0.2) is 0 Å². The topological polar surface area (TPSA) is 29.9 Å². The molecule has 112 valence electrons. The minimum atomic E-state index is 0.687. The summed E-state index contributed by atoms with van der Waals surface area (Å²) in [6.45, 7) is 9.11. The monoisotopic (exact) mass is 275 g/mol. The summed E-state index contributed by atoms with van der Waals surface area (Å²) in [6.07, 6.45) is 7.78. The molecule has 0 bridgehead atoms. The lowest BCUT2D eigenvalue weighted by atomic mass is 9.86. The first-order valence-electron chi connectivity index (χ1n) is 8.44. The van der Waals surface area contributed by atoms with Gasteiger partial charge in [0, 0.05) is 37.7 Å². The summed E-state index contributed by atoms with van der Waals surface area (Å²) in [4.78, 5) is 4.99. The lowest BCUT2D eigenvalue weighted by molar-refractivity contribution is 0.271. The van der Waals surface area contributed by atoms with E-state index >= 15 is 0 Å². The molecule has 1 fully saturated rings. The van der Waals surface area contributed by atoms with Crippen LogP contribution >= 0.6 is 0 Å². The van der Waals surface area contributed by atoms with E-state index < -0.39 is 0 Å². The maximum Gasteiger partial charge on any atom is 0.109 e. The van der Waals surface area contributed by atoms with Crippen molar-refractivity contribution < 1.29 is 0 Å². The third kappa shape index (κ3) is 2.78. The highest BCUT2D eigenvalue weighted by molar-refractivity contribution is 5.22. The highest BCUT2D eigenvalue weighted by atomic mass is 15.1. The van der Waals surface area contributed by atoms with Gasteiger partial charge in [-0.2, -0.15) is 0 Å². The lowest BCUT2D eigenvalue weighted by Gasteiger charge is -2.31. The Morgan fingerprint density at radius 2 is 2.20 bits per heavy atom. The molecule has 2 heterocycles. The molecular formula is C17H29N3. The highest BCUT2D eigenvalue weighted by Gasteiger charge is 2.28. The Hall–Kier alpha value is -0.830. The van der Waals surface area contributed by atoms with Gasteiger partial charge in [-0.1, -0.05) is 33.6 Å². The van der Waals surface area contributed by atoms with Crippen molar-refractivity contribution in [1.29, 1.82) is 0 Å². The van der Waals surface area contributed by atoms with Gasteiger partial charge in [-0.3, -0.25) is 0 Å². The third-order valence-corrected chi connectivity index (χ3v) is 4.86. The van der Waals surface area contributed by atoms with Crippen molar-refractivity contribution in [2.45, 2.75) is 71.9 Å². The third-order valence-electron chi connectivity index (χ3n) is 4.86. The summed E-state index contributed by atoms with van der Waals surface area (Å²) < 4.78 is 2.66. The molecule has 1 aromatic heterocycles. The highest BCUT2D eigenvalue weighted by Crippen LogP contribution is 2.35. The zero-order valence-corrected chi connectivity index (χ0v) is 13.3. The fourth-order valence-corrected chi connectivity index (χ4v) is 3.97. The predicted molar refractivity (Wildman–Crippen MR) is 82.8 cm³/mol. The Kier molecular flexibility index (Phi) is 4.16. The molecule has 1 N–H and O–H groups in total. The SMILES string of the molecule is CC(C)Cc1nc2c(n1C1CCCC(C)C1)CCNC2. The quantitative estimate of drug-likeness (QED) is 0.915. The number of hydrogen-bond donors (Lipinski definition) is 1. The van der Waals surface area contributed by atoms with Gasteiger partial charge in [0.05, 0.1) is 5.69 Å². The maximum atomic E-state index is 4.99. The second kappa shape index (κ2) is 5.88. The Balaban J connectivity index is 1.95. The number of hydrogen-bond acceptors (Lipinski definition) is 2. The number of nitrogens with zero attached hydrogens (tertiary/aromatic N) is 2. The van der Waals surface area contributed by atoms with E-state index in [1.54, 1.807) is 5.69 Å². The van der Waals surface area contributed by atoms with Crippen LogP contribution in [0.2, 0.25) is 0 Å². The molecule has 0 aromatic carbocycles. The van der Waals surface area contributed by atoms with Crippen LogP contribution in [0.4, 0.5) is 0 Å². The maximum absolute atomic E-state index is 4.99. The van der Waals surface area contributed by atoms with Crippen molar-refractivity contribution in [3.63, 3.8) is 0 Å². The zero-order chi connectivity index (χ0) is 14.1. The van der Waals surface area contributed by atoms with Gasteiger partial charge in [0.1, 0.15) is 5.82 Å². The van der Waals surface area contributed by atoms with Crippen LogP contribution in [0.3, 0.4) is 0 Å². The first-order valence-corrected chi connectivity index (χ1v) is 8.44. The van der Waals surface area contributed by atoms with Crippen molar-refractivity contribution in [3.8, 4) is 0 Å². The van der Waals surface area contributed by atoms with E-state index in [0.29, 0.717) is 12.0 Å². The normalized spacial score (nSPS) is 26.8. The second-order valence-electron chi connectivity index (χ2n) is 7.24. The molecule has 1 saturated carbocycles. The van der Waals surface area contributed by atoms with Crippen molar-refractivity contribution >= 4 is 0 Å². The molecule has 2 unspecified atom stereocenters. The Bertz CT molecular complexity index is 461. The van der Waals surface area contributed by atoms with Crippen molar-refractivity contribution in [2.24, 2.45) is 11.8 Å². The van der Waals surface area contributed by atoms with Crippen LogP contribution in [0.1, 0.15) is 69.7 Å². The Labute approximate surface area is 123 Å². The summed E-state index contributed by atoms with van der Waals surface area (Å²) in [7, 11) is 0. The zero-order valence-electron chi connectivity index (χ0n) is 13.3. The number of imidazole rings is 1. The van der Waals surface area contributed by atoms with Gasteiger partial charge in [-0.25, -0.2) is 4.98 Å². The van der Waals surface area contributed by atoms with Crippen LogP contribution in [0.5, 0.6) is 0 Å². The summed E-state index contributed by atoms with van der Waals surface area (Å²) in [5.74, 6) is 2.92. The summed E-state index contributed by atoms with van der Waals surface area (Å²) in [5.41, 5.74) is 2.86. The molecule has 0 saturated heterocycles. The fourth-order valence-electron chi connectivity index (χ4n) is 3.97. The van der Waals surface area contributed by atoms with Gasteiger partial charge >= 0.3 is 0 Å². The molecule has 2 aliphatic rings. The van der Waals surface area contributed by atoms with Gasteiger partial charge in [0.25, 0.3) is 0 Å². The van der Waals surface area contributed by atoms with E-state index in [0.717, 1.165) is 31.8 Å². The lowest BCUT2D eigenvalue weighted by Crippen LogP contribution is -2.27. The van der Waals surface area contributed by atoms with Gasteiger partial charge in [-0.05, 0) is 24.7 Å². The fraction of sp³-hybridized carbons (Fsp3) is 0.824. The van der Waals surface area contributed by atoms with Gasteiger partial charge < -0.3 is 9.88 Å². The smallest absolute Gasteiger partial charge is 0.109 e. The second-order valence-corrected chi connectivity index (χ2v) is 7.24. The van der Waals surface area contributed by atoms with E-state index in [-0.39, 0.29) is 0 Å². The minimum absolute atomic E-state index is 0.687. The van der Waals surface area contributed by atoms with Crippen LogP contribution < -0.4 is 5.32 Å². The first-order chi connectivity index (χ1) is 9.65. The number of fused-ring (bicyclic) bond motifs is 1. The molecular weight excluding hydrogens is 246 g/mol. The Morgan fingerprint density at radius 1 is 1.35 bits per heavy atom. The van der Waals surface area contributed by atoms with Crippen LogP contribution in [0.25, 0.3) is 0 Å². The molecule has 0 amide bonds.